The van der Waals surface area contributed by atoms with Crippen LogP contribution in [-0.4, -0.2) is 47.1 Å². The van der Waals surface area contributed by atoms with Crippen LogP contribution in [0, 0.1) is 11.3 Å². The first-order valence-electron chi connectivity index (χ1n) is 9.78. The van der Waals surface area contributed by atoms with Gasteiger partial charge in [-0.3, -0.25) is 9.59 Å². The second-order valence-corrected chi connectivity index (χ2v) is 8.28. The zero-order valence-electron chi connectivity index (χ0n) is 14.9. The van der Waals surface area contributed by atoms with E-state index in [1.165, 1.54) is 44.9 Å². The van der Waals surface area contributed by atoms with Crippen molar-refractivity contribution in [2.24, 2.45) is 11.3 Å². The average Bonchev–Trinajstić information content (AvgIpc) is 3.40. The van der Waals surface area contributed by atoms with Gasteiger partial charge < -0.3 is 15.3 Å². The standard InChI is InChI=1S/C19H32N2O3/c1-14(22)16(20-17(23)15-7-8-15)18(24)21-12-6-11-19(13-21)9-4-2-3-5-10-19/h14-16,22H,2-13H2,1H3,(H,20,23)/t14-,16-/m0/s1. The fourth-order valence-electron chi connectivity index (χ4n) is 4.48. The Labute approximate surface area is 145 Å². The summed E-state index contributed by atoms with van der Waals surface area (Å²) in [5, 5.41) is 12.8. The number of rotatable bonds is 4. The van der Waals surface area contributed by atoms with Gasteiger partial charge in [-0.25, -0.2) is 0 Å². The molecule has 2 saturated carbocycles. The molecule has 0 radical (unpaired) electrons. The van der Waals surface area contributed by atoms with Crippen LogP contribution < -0.4 is 5.32 Å². The highest BCUT2D eigenvalue weighted by atomic mass is 16.3. The number of carbonyl (C=O) groups excluding carboxylic acids is 2. The monoisotopic (exact) mass is 336 g/mol. The first-order valence-corrected chi connectivity index (χ1v) is 9.78. The van der Waals surface area contributed by atoms with Crippen LogP contribution in [0.5, 0.6) is 0 Å². The highest BCUT2D eigenvalue weighted by molar-refractivity contribution is 5.89. The third-order valence-corrected chi connectivity index (χ3v) is 6.13. The number of hydrogen-bond acceptors (Lipinski definition) is 3. The molecule has 3 fully saturated rings. The van der Waals surface area contributed by atoms with E-state index in [0.717, 1.165) is 32.4 Å². The molecule has 2 N–H and O–H groups in total. The Kier molecular flexibility index (Phi) is 5.48. The van der Waals surface area contributed by atoms with Gasteiger partial charge in [-0.05, 0) is 50.9 Å². The van der Waals surface area contributed by atoms with E-state index < -0.39 is 12.1 Å². The number of aliphatic hydroxyl groups is 1. The summed E-state index contributed by atoms with van der Waals surface area (Å²) in [6.45, 7) is 3.15. The van der Waals surface area contributed by atoms with Crippen LogP contribution in [0.25, 0.3) is 0 Å². The van der Waals surface area contributed by atoms with E-state index in [2.05, 4.69) is 5.32 Å². The Balaban J connectivity index is 1.65. The summed E-state index contributed by atoms with van der Waals surface area (Å²) in [6.07, 6.45) is 10.8. The highest BCUT2D eigenvalue weighted by Gasteiger charge is 2.41. The Bertz CT molecular complexity index is 465. The summed E-state index contributed by atoms with van der Waals surface area (Å²) in [6, 6.07) is -0.793. The molecule has 5 heteroatoms. The predicted molar refractivity (Wildman–Crippen MR) is 92.3 cm³/mol. The molecule has 0 aromatic rings. The van der Waals surface area contributed by atoms with E-state index in [9.17, 15) is 14.7 Å². The van der Waals surface area contributed by atoms with E-state index in [1.54, 1.807) is 6.92 Å². The maximum atomic E-state index is 13.0. The molecule has 0 bridgehead atoms. The van der Waals surface area contributed by atoms with E-state index in [1.807, 2.05) is 4.90 Å². The molecule has 2 aliphatic carbocycles. The van der Waals surface area contributed by atoms with Gasteiger partial charge in [0, 0.05) is 19.0 Å². The Morgan fingerprint density at radius 1 is 1.08 bits per heavy atom. The predicted octanol–water partition coefficient (Wildman–Crippen LogP) is 2.22. The number of amides is 2. The number of nitrogens with one attached hydrogen (secondary N) is 1. The van der Waals surface area contributed by atoms with Crippen molar-refractivity contribution in [1.82, 2.24) is 10.2 Å². The second-order valence-electron chi connectivity index (χ2n) is 8.28. The normalized spacial score (nSPS) is 26.5. The molecule has 5 nitrogen and oxygen atoms in total. The molecule has 3 aliphatic rings. The van der Waals surface area contributed by atoms with Gasteiger partial charge in [0.15, 0.2) is 0 Å². The van der Waals surface area contributed by atoms with Gasteiger partial charge in [0.25, 0.3) is 0 Å². The molecule has 24 heavy (non-hydrogen) atoms. The molecule has 1 saturated heterocycles. The molecule has 1 aliphatic heterocycles. The van der Waals surface area contributed by atoms with Crippen LogP contribution in [0.2, 0.25) is 0 Å². The molecule has 1 heterocycles. The van der Waals surface area contributed by atoms with Gasteiger partial charge in [-0.2, -0.15) is 0 Å². The molecule has 1 spiro atoms. The van der Waals surface area contributed by atoms with Gasteiger partial charge in [0.1, 0.15) is 6.04 Å². The van der Waals surface area contributed by atoms with Crippen LogP contribution in [0.15, 0.2) is 0 Å². The van der Waals surface area contributed by atoms with Crippen molar-refractivity contribution in [2.75, 3.05) is 13.1 Å². The molecular weight excluding hydrogens is 304 g/mol. The van der Waals surface area contributed by atoms with Crippen LogP contribution in [0.4, 0.5) is 0 Å². The maximum absolute atomic E-state index is 13.0. The Morgan fingerprint density at radius 3 is 2.29 bits per heavy atom. The van der Waals surface area contributed by atoms with Gasteiger partial charge in [-0.1, -0.05) is 25.7 Å². The summed E-state index contributed by atoms with van der Waals surface area (Å²) in [7, 11) is 0. The quantitative estimate of drug-likeness (QED) is 0.827. The zero-order valence-corrected chi connectivity index (χ0v) is 14.9. The van der Waals surface area contributed by atoms with Crippen LogP contribution in [0.3, 0.4) is 0 Å². The molecule has 2 amide bonds. The van der Waals surface area contributed by atoms with Gasteiger partial charge in [-0.15, -0.1) is 0 Å². The van der Waals surface area contributed by atoms with Crippen LogP contribution in [0.1, 0.15) is 71.1 Å². The van der Waals surface area contributed by atoms with E-state index >= 15 is 0 Å². The van der Waals surface area contributed by atoms with Crippen molar-refractivity contribution < 1.29 is 14.7 Å². The lowest BCUT2D eigenvalue weighted by Gasteiger charge is -2.44. The largest absolute Gasteiger partial charge is 0.391 e. The summed E-state index contributed by atoms with van der Waals surface area (Å²) < 4.78 is 0. The number of nitrogens with zero attached hydrogens (tertiary/aromatic N) is 1. The average molecular weight is 336 g/mol. The van der Waals surface area contributed by atoms with E-state index in [4.69, 9.17) is 0 Å². The van der Waals surface area contributed by atoms with E-state index in [-0.39, 0.29) is 23.1 Å². The number of hydrogen-bond donors (Lipinski definition) is 2. The van der Waals surface area contributed by atoms with Crippen LogP contribution >= 0.6 is 0 Å². The molecule has 0 aromatic carbocycles. The fourth-order valence-corrected chi connectivity index (χ4v) is 4.48. The van der Waals surface area contributed by atoms with Gasteiger partial charge >= 0.3 is 0 Å². The summed E-state index contributed by atoms with van der Waals surface area (Å²) in [5.74, 6) is -0.119. The minimum absolute atomic E-state index is 0.0496. The number of likely N-dealkylation sites (tertiary alicyclic amines) is 1. The molecule has 2 atom stereocenters. The number of carbonyl (C=O) groups is 2. The summed E-state index contributed by atoms with van der Waals surface area (Å²) >= 11 is 0. The smallest absolute Gasteiger partial charge is 0.247 e. The molecule has 136 valence electrons. The van der Waals surface area contributed by atoms with Crippen molar-refractivity contribution in [1.29, 1.82) is 0 Å². The van der Waals surface area contributed by atoms with Gasteiger partial charge in [0.05, 0.1) is 6.10 Å². The van der Waals surface area contributed by atoms with Crippen molar-refractivity contribution in [3.8, 4) is 0 Å². The van der Waals surface area contributed by atoms with Crippen LogP contribution in [-0.2, 0) is 9.59 Å². The molecule has 3 rings (SSSR count). The third-order valence-electron chi connectivity index (χ3n) is 6.13. The second kappa shape index (κ2) is 7.42. The highest BCUT2D eigenvalue weighted by Crippen LogP contribution is 2.42. The maximum Gasteiger partial charge on any atom is 0.247 e. The van der Waals surface area contributed by atoms with Crippen molar-refractivity contribution in [3.05, 3.63) is 0 Å². The molecular formula is C19H32N2O3. The minimum Gasteiger partial charge on any atom is -0.391 e. The number of piperidine rings is 1. The lowest BCUT2D eigenvalue weighted by Crippen LogP contribution is -2.57. The third kappa shape index (κ3) is 4.11. The first kappa shape index (κ1) is 17.7. The summed E-state index contributed by atoms with van der Waals surface area (Å²) in [4.78, 5) is 27.0. The number of aliphatic hydroxyl groups excluding tert-OH is 1. The lowest BCUT2D eigenvalue weighted by atomic mass is 9.74. The first-order chi connectivity index (χ1) is 11.5. The molecule has 0 unspecified atom stereocenters. The lowest BCUT2D eigenvalue weighted by molar-refractivity contribution is -0.142. The Hall–Kier alpha value is -1.10. The van der Waals surface area contributed by atoms with E-state index in [0.29, 0.717) is 0 Å². The van der Waals surface area contributed by atoms with Crippen molar-refractivity contribution in [2.45, 2.75) is 83.3 Å². The summed E-state index contributed by atoms with van der Waals surface area (Å²) in [5.41, 5.74) is 0.272. The van der Waals surface area contributed by atoms with Crippen molar-refractivity contribution >= 4 is 11.8 Å². The minimum atomic E-state index is -0.854. The molecule has 0 aromatic heterocycles. The Morgan fingerprint density at radius 2 is 1.71 bits per heavy atom. The van der Waals surface area contributed by atoms with Crippen molar-refractivity contribution in [3.63, 3.8) is 0 Å². The topological polar surface area (TPSA) is 69.6 Å². The zero-order chi connectivity index (χ0) is 17.2. The van der Waals surface area contributed by atoms with Gasteiger partial charge in [0.2, 0.25) is 11.8 Å². The fraction of sp³-hybridized carbons (Fsp3) is 0.895. The SMILES string of the molecule is C[C@H](O)[C@H](NC(=O)C1CC1)C(=O)N1CCCC2(CCCCCC2)C1.